The highest BCUT2D eigenvalue weighted by Gasteiger charge is 2.11. The smallest absolute Gasteiger partial charge is 0.153 e. The molecule has 3 aromatic rings. The van der Waals surface area contributed by atoms with Gasteiger partial charge in [0.1, 0.15) is 5.52 Å². The Morgan fingerprint density at radius 3 is 2.94 bits per heavy atom. The molecule has 1 N–H and O–H groups in total. The maximum absolute atomic E-state index is 4.59. The van der Waals surface area contributed by atoms with Gasteiger partial charge in [-0.25, -0.2) is 9.50 Å². The van der Waals surface area contributed by atoms with Crippen LogP contribution in [0, 0.1) is 6.92 Å². The Morgan fingerprint density at radius 2 is 2.18 bits per heavy atom. The number of fused-ring (bicyclic) bond motifs is 3. The number of nitrogens with zero attached hydrogens (tertiary/aromatic N) is 3. The number of halogens is 1. The Labute approximate surface area is 107 Å². The summed E-state index contributed by atoms with van der Waals surface area (Å²) in [5, 5.41) is 7.49. The van der Waals surface area contributed by atoms with Gasteiger partial charge in [-0.05, 0) is 40.5 Å². The van der Waals surface area contributed by atoms with E-state index < -0.39 is 0 Å². The van der Waals surface area contributed by atoms with Crippen LogP contribution in [-0.2, 0) is 0 Å². The zero-order valence-corrected chi connectivity index (χ0v) is 11.1. The molecule has 0 aliphatic rings. The first-order chi connectivity index (χ1) is 8.20. The van der Waals surface area contributed by atoms with Crippen LogP contribution < -0.4 is 5.32 Å². The zero-order chi connectivity index (χ0) is 12.0. The fraction of sp³-hybridized carbons (Fsp3) is 0.167. The number of aromatic nitrogens is 3. The van der Waals surface area contributed by atoms with E-state index in [0.717, 1.165) is 26.8 Å². The lowest BCUT2D eigenvalue weighted by Crippen LogP contribution is -2.00. The number of nitrogens with one attached hydrogen (secondary N) is 1. The van der Waals surface area contributed by atoms with Crippen molar-refractivity contribution in [2.24, 2.45) is 0 Å². The Morgan fingerprint density at radius 1 is 1.35 bits per heavy atom. The molecular formula is C12H11BrN4. The van der Waals surface area contributed by atoms with Crippen molar-refractivity contribution >= 4 is 38.3 Å². The molecule has 17 heavy (non-hydrogen) atoms. The molecule has 86 valence electrons. The van der Waals surface area contributed by atoms with Gasteiger partial charge in [0.2, 0.25) is 0 Å². The fourth-order valence-electron chi connectivity index (χ4n) is 1.97. The number of hydrogen-bond donors (Lipinski definition) is 1. The summed E-state index contributed by atoms with van der Waals surface area (Å²) in [7, 11) is 1.86. The summed E-state index contributed by atoms with van der Waals surface area (Å²) in [6.07, 6.45) is 1.79. The second-order valence-corrected chi connectivity index (χ2v) is 4.81. The van der Waals surface area contributed by atoms with Crippen molar-refractivity contribution in [1.29, 1.82) is 0 Å². The van der Waals surface area contributed by atoms with E-state index in [9.17, 15) is 0 Å². The molecule has 1 aromatic carbocycles. The third-order valence-electron chi connectivity index (χ3n) is 2.78. The predicted octanol–water partition coefficient (Wildman–Crippen LogP) is 3.00. The number of hydrogen-bond acceptors (Lipinski definition) is 3. The van der Waals surface area contributed by atoms with Crippen molar-refractivity contribution < 1.29 is 0 Å². The normalized spacial score (nSPS) is 11.2. The van der Waals surface area contributed by atoms with E-state index >= 15 is 0 Å². The van der Waals surface area contributed by atoms with E-state index in [2.05, 4.69) is 50.4 Å². The van der Waals surface area contributed by atoms with E-state index in [1.807, 2.05) is 17.6 Å². The van der Waals surface area contributed by atoms with Gasteiger partial charge in [0, 0.05) is 7.05 Å². The van der Waals surface area contributed by atoms with E-state index in [1.54, 1.807) is 6.20 Å². The molecule has 0 saturated heterocycles. The van der Waals surface area contributed by atoms with Crippen molar-refractivity contribution in [1.82, 2.24) is 14.6 Å². The topological polar surface area (TPSA) is 42.2 Å². The molecule has 0 amide bonds. The second kappa shape index (κ2) is 3.70. The molecule has 4 nitrogen and oxygen atoms in total. The maximum Gasteiger partial charge on any atom is 0.153 e. The third-order valence-corrected chi connectivity index (χ3v) is 3.36. The lowest BCUT2D eigenvalue weighted by atomic mass is 10.2. The average molecular weight is 291 g/mol. The van der Waals surface area contributed by atoms with E-state index in [1.165, 1.54) is 5.56 Å². The van der Waals surface area contributed by atoms with Crippen LogP contribution in [0.2, 0.25) is 0 Å². The van der Waals surface area contributed by atoms with Crippen molar-refractivity contribution in [3.63, 3.8) is 0 Å². The number of rotatable bonds is 1. The molecule has 3 rings (SSSR count). The molecule has 0 fully saturated rings. The second-order valence-electron chi connectivity index (χ2n) is 3.96. The van der Waals surface area contributed by atoms with Crippen LogP contribution in [-0.4, -0.2) is 21.6 Å². The molecule has 0 aliphatic heterocycles. The van der Waals surface area contributed by atoms with Crippen LogP contribution in [0.25, 0.3) is 16.6 Å². The van der Waals surface area contributed by atoms with E-state index in [4.69, 9.17) is 0 Å². The van der Waals surface area contributed by atoms with Crippen molar-refractivity contribution in [3.8, 4) is 0 Å². The molecule has 0 atom stereocenters. The lowest BCUT2D eigenvalue weighted by Gasteiger charge is -2.07. The van der Waals surface area contributed by atoms with Crippen molar-refractivity contribution in [3.05, 3.63) is 34.4 Å². The highest BCUT2D eigenvalue weighted by atomic mass is 79.9. The Hall–Kier alpha value is -1.62. The molecule has 0 bridgehead atoms. The summed E-state index contributed by atoms with van der Waals surface area (Å²) >= 11 is 3.50. The molecule has 2 heterocycles. The minimum Gasteiger partial charge on any atom is -0.371 e. The summed E-state index contributed by atoms with van der Waals surface area (Å²) in [6, 6.07) is 6.16. The fourth-order valence-corrected chi connectivity index (χ4v) is 2.42. The Bertz CT molecular complexity index is 717. The predicted molar refractivity (Wildman–Crippen MR) is 72.5 cm³/mol. The maximum atomic E-state index is 4.59. The Balaban J connectivity index is 2.56. The van der Waals surface area contributed by atoms with Crippen LogP contribution in [0.4, 0.5) is 5.82 Å². The van der Waals surface area contributed by atoms with Crippen LogP contribution in [0.5, 0.6) is 0 Å². The SMILES string of the molecule is CNc1nc2ccc(C)cc2n2ncc(Br)c12. The summed E-state index contributed by atoms with van der Waals surface area (Å²) in [5.74, 6) is 0.825. The first-order valence-corrected chi connectivity index (χ1v) is 6.11. The summed E-state index contributed by atoms with van der Waals surface area (Å²) < 4.78 is 2.85. The minimum atomic E-state index is 0.825. The average Bonchev–Trinajstić information content (AvgIpc) is 2.71. The summed E-state index contributed by atoms with van der Waals surface area (Å²) in [4.78, 5) is 4.59. The molecular weight excluding hydrogens is 280 g/mol. The highest BCUT2D eigenvalue weighted by molar-refractivity contribution is 9.10. The van der Waals surface area contributed by atoms with Gasteiger partial charge in [-0.15, -0.1) is 0 Å². The van der Waals surface area contributed by atoms with Gasteiger partial charge in [0.15, 0.2) is 5.82 Å². The van der Waals surface area contributed by atoms with Crippen LogP contribution >= 0.6 is 15.9 Å². The quantitative estimate of drug-likeness (QED) is 0.749. The third kappa shape index (κ3) is 1.50. The summed E-state index contributed by atoms with van der Waals surface area (Å²) in [5.41, 5.74) is 4.11. The van der Waals surface area contributed by atoms with Gasteiger partial charge >= 0.3 is 0 Å². The van der Waals surface area contributed by atoms with Gasteiger partial charge in [-0.1, -0.05) is 6.07 Å². The number of aryl methyl sites for hydroxylation is 1. The minimum absolute atomic E-state index is 0.825. The Kier molecular flexibility index (Phi) is 2.29. The van der Waals surface area contributed by atoms with Gasteiger partial charge in [-0.3, -0.25) is 0 Å². The lowest BCUT2D eigenvalue weighted by molar-refractivity contribution is 0.994. The summed E-state index contributed by atoms with van der Waals surface area (Å²) in [6.45, 7) is 2.07. The van der Waals surface area contributed by atoms with Crippen LogP contribution in [0.1, 0.15) is 5.56 Å². The first-order valence-electron chi connectivity index (χ1n) is 5.32. The van der Waals surface area contributed by atoms with Crippen molar-refractivity contribution in [2.45, 2.75) is 6.92 Å². The van der Waals surface area contributed by atoms with Crippen molar-refractivity contribution in [2.75, 3.05) is 12.4 Å². The molecule has 0 aliphatic carbocycles. The van der Waals surface area contributed by atoms with Gasteiger partial charge in [-0.2, -0.15) is 5.10 Å². The molecule has 0 unspecified atom stereocenters. The standard InChI is InChI=1S/C12H11BrN4/c1-7-3-4-9-10(5-7)17-11(8(13)6-15-17)12(14-2)16-9/h3-6H,1-2H3,(H,14,16). The number of benzene rings is 1. The largest absolute Gasteiger partial charge is 0.371 e. The number of anilines is 1. The van der Waals surface area contributed by atoms with Crippen LogP contribution in [0.3, 0.4) is 0 Å². The van der Waals surface area contributed by atoms with E-state index in [0.29, 0.717) is 0 Å². The van der Waals surface area contributed by atoms with Gasteiger partial charge < -0.3 is 5.32 Å². The first kappa shape index (κ1) is 10.5. The molecule has 2 aromatic heterocycles. The molecule has 0 spiro atoms. The van der Waals surface area contributed by atoms with E-state index in [-0.39, 0.29) is 0 Å². The highest BCUT2D eigenvalue weighted by Crippen LogP contribution is 2.27. The van der Waals surface area contributed by atoms with Gasteiger partial charge in [0.05, 0.1) is 21.7 Å². The monoisotopic (exact) mass is 290 g/mol. The van der Waals surface area contributed by atoms with Crippen LogP contribution in [0.15, 0.2) is 28.9 Å². The molecule has 0 saturated carbocycles. The zero-order valence-electron chi connectivity index (χ0n) is 9.53. The molecule has 0 radical (unpaired) electrons. The molecule has 5 heteroatoms. The van der Waals surface area contributed by atoms with Gasteiger partial charge in [0.25, 0.3) is 0 Å².